The second-order valence-electron chi connectivity index (χ2n) is 7.77. The van der Waals surface area contributed by atoms with Crippen molar-refractivity contribution < 1.29 is 14.0 Å². The molecule has 2 N–H and O–H groups in total. The van der Waals surface area contributed by atoms with Crippen LogP contribution in [0, 0.1) is 19.7 Å². The number of fused-ring (bicyclic) bond motifs is 1. The molecule has 0 bridgehead atoms. The monoisotopic (exact) mass is 443 g/mol. The fourth-order valence-electron chi connectivity index (χ4n) is 3.53. The van der Waals surface area contributed by atoms with Crippen LogP contribution in [0.25, 0.3) is 16.5 Å². The summed E-state index contributed by atoms with van der Waals surface area (Å²) in [6.07, 6.45) is 1.50. The van der Waals surface area contributed by atoms with Crippen LogP contribution in [0.4, 0.5) is 10.1 Å². The first-order chi connectivity index (χ1) is 15.8. The van der Waals surface area contributed by atoms with Gasteiger partial charge in [0.25, 0.3) is 11.5 Å². The van der Waals surface area contributed by atoms with Gasteiger partial charge in [0.05, 0.1) is 12.1 Å². The lowest BCUT2D eigenvalue weighted by Crippen LogP contribution is -2.34. The molecule has 0 aliphatic rings. The number of halogens is 1. The van der Waals surface area contributed by atoms with Crippen molar-refractivity contribution in [3.8, 4) is 5.69 Å². The van der Waals surface area contributed by atoms with Gasteiger partial charge >= 0.3 is 0 Å². The molecule has 0 aliphatic heterocycles. The standard InChI is InChI=1S/C26H22FN3O3/c1-16-7-12-20(13-17(16)2)30-15-23(21-5-3-4-6-22(21)26(30)33)25(32)28-14-24(31)29-19-10-8-18(27)9-11-19/h3-13,15H,14H2,1-2H3,(H,28,32)(H,29,31). The van der Waals surface area contributed by atoms with Gasteiger partial charge in [-0.05, 0) is 67.4 Å². The lowest BCUT2D eigenvalue weighted by Gasteiger charge is -2.14. The van der Waals surface area contributed by atoms with Crippen molar-refractivity contribution in [1.82, 2.24) is 9.88 Å². The second kappa shape index (κ2) is 9.08. The minimum atomic E-state index is -0.488. The number of hydrogen-bond acceptors (Lipinski definition) is 3. The van der Waals surface area contributed by atoms with Crippen LogP contribution in [-0.4, -0.2) is 22.9 Å². The molecule has 0 aliphatic carbocycles. The van der Waals surface area contributed by atoms with E-state index in [0.29, 0.717) is 22.1 Å². The summed E-state index contributed by atoms with van der Waals surface area (Å²) >= 11 is 0. The minimum absolute atomic E-state index is 0.237. The smallest absolute Gasteiger partial charge is 0.262 e. The molecule has 33 heavy (non-hydrogen) atoms. The van der Waals surface area contributed by atoms with Gasteiger partial charge in [-0.1, -0.05) is 24.3 Å². The molecule has 166 valence electrons. The lowest BCUT2D eigenvalue weighted by atomic mass is 10.1. The van der Waals surface area contributed by atoms with Gasteiger partial charge in [0, 0.05) is 28.3 Å². The summed E-state index contributed by atoms with van der Waals surface area (Å²) in [6.45, 7) is 3.66. The maximum atomic E-state index is 13.1. The molecule has 3 aromatic carbocycles. The summed E-state index contributed by atoms with van der Waals surface area (Å²) in [7, 11) is 0. The van der Waals surface area contributed by atoms with Crippen LogP contribution in [0.2, 0.25) is 0 Å². The van der Waals surface area contributed by atoms with Crippen LogP contribution in [-0.2, 0) is 4.79 Å². The number of aromatic nitrogens is 1. The second-order valence-corrected chi connectivity index (χ2v) is 7.77. The molecule has 4 rings (SSSR count). The SMILES string of the molecule is Cc1ccc(-n2cc(C(=O)NCC(=O)Nc3ccc(F)cc3)c3ccccc3c2=O)cc1C. The Hall–Kier alpha value is -4.26. The largest absolute Gasteiger partial charge is 0.343 e. The average Bonchev–Trinajstić information content (AvgIpc) is 2.81. The summed E-state index contributed by atoms with van der Waals surface area (Å²) in [5.41, 5.74) is 3.23. The van der Waals surface area contributed by atoms with Crippen molar-refractivity contribution in [2.24, 2.45) is 0 Å². The lowest BCUT2D eigenvalue weighted by molar-refractivity contribution is -0.115. The van der Waals surface area contributed by atoms with Crippen molar-refractivity contribution >= 4 is 28.3 Å². The van der Waals surface area contributed by atoms with E-state index in [9.17, 15) is 18.8 Å². The van der Waals surface area contributed by atoms with Crippen LogP contribution in [0.3, 0.4) is 0 Å². The van der Waals surface area contributed by atoms with Crippen LogP contribution < -0.4 is 16.2 Å². The highest BCUT2D eigenvalue weighted by Gasteiger charge is 2.16. The quantitative estimate of drug-likeness (QED) is 0.487. The molecule has 0 unspecified atom stereocenters. The maximum Gasteiger partial charge on any atom is 0.262 e. The number of aryl methyl sites for hydroxylation is 2. The Morgan fingerprint density at radius 2 is 1.61 bits per heavy atom. The zero-order valence-electron chi connectivity index (χ0n) is 18.2. The molecule has 0 saturated carbocycles. The third-order valence-corrected chi connectivity index (χ3v) is 5.48. The third kappa shape index (κ3) is 4.67. The van der Waals surface area contributed by atoms with Crippen molar-refractivity contribution in [1.29, 1.82) is 0 Å². The Kier molecular flexibility index (Phi) is 6.04. The maximum absolute atomic E-state index is 13.1. The van der Waals surface area contributed by atoms with Gasteiger partial charge < -0.3 is 10.6 Å². The molecular formula is C26H22FN3O3. The van der Waals surface area contributed by atoms with Crippen molar-refractivity contribution in [3.05, 3.63) is 106 Å². The third-order valence-electron chi connectivity index (χ3n) is 5.48. The van der Waals surface area contributed by atoms with Crippen LogP contribution in [0.5, 0.6) is 0 Å². The molecule has 0 atom stereocenters. The van der Waals surface area contributed by atoms with E-state index in [1.54, 1.807) is 24.3 Å². The summed E-state index contributed by atoms with van der Waals surface area (Å²) in [5.74, 6) is -1.35. The van der Waals surface area contributed by atoms with E-state index in [2.05, 4.69) is 10.6 Å². The summed E-state index contributed by atoms with van der Waals surface area (Å²) in [5, 5.41) is 6.10. The molecule has 0 spiro atoms. The summed E-state index contributed by atoms with van der Waals surface area (Å²) in [6, 6.07) is 17.8. The molecular weight excluding hydrogens is 421 g/mol. The van der Waals surface area contributed by atoms with Crippen LogP contribution in [0.1, 0.15) is 21.5 Å². The predicted molar refractivity (Wildman–Crippen MR) is 126 cm³/mol. The normalized spacial score (nSPS) is 10.8. The van der Waals surface area contributed by atoms with Crippen molar-refractivity contribution in [2.75, 3.05) is 11.9 Å². The zero-order valence-corrected chi connectivity index (χ0v) is 18.2. The summed E-state index contributed by atoms with van der Waals surface area (Å²) < 4.78 is 14.5. The van der Waals surface area contributed by atoms with E-state index in [0.717, 1.165) is 11.1 Å². The number of anilines is 1. The molecule has 0 saturated heterocycles. The molecule has 7 heteroatoms. The van der Waals surface area contributed by atoms with E-state index in [1.807, 2.05) is 32.0 Å². The van der Waals surface area contributed by atoms with E-state index in [1.165, 1.54) is 35.0 Å². The van der Waals surface area contributed by atoms with Gasteiger partial charge in [-0.3, -0.25) is 19.0 Å². The highest BCUT2D eigenvalue weighted by molar-refractivity contribution is 6.08. The summed E-state index contributed by atoms with van der Waals surface area (Å²) in [4.78, 5) is 38.4. The number of pyridine rings is 1. The molecule has 1 heterocycles. The molecule has 0 radical (unpaired) electrons. The molecule has 0 fully saturated rings. The van der Waals surface area contributed by atoms with Gasteiger partial charge in [-0.2, -0.15) is 0 Å². The Morgan fingerprint density at radius 3 is 2.30 bits per heavy atom. The number of carbonyl (C=O) groups excluding carboxylic acids is 2. The number of rotatable bonds is 5. The first-order valence-electron chi connectivity index (χ1n) is 10.4. The van der Waals surface area contributed by atoms with Gasteiger partial charge in [0.1, 0.15) is 5.82 Å². The number of carbonyl (C=O) groups is 2. The highest BCUT2D eigenvalue weighted by Crippen LogP contribution is 2.19. The Bertz CT molecular complexity index is 1430. The number of amides is 2. The number of benzene rings is 3. The fourth-order valence-corrected chi connectivity index (χ4v) is 3.53. The topological polar surface area (TPSA) is 80.2 Å². The number of hydrogen-bond donors (Lipinski definition) is 2. The first-order valence-corrected chi connectivity index (χ1v) is 10.4. The van der Waals surface area contributed by atoms with E-state index >= 15 is 0 Å². The van der Waals surface area contributed by atoms with E-state index in [4.69, 9.17) is 0 Å². The van der Waals surface area contributed by atoms with E-state index < -0.39 is 17.6 Å². The average molecular weight is 443 g/mol. The minimum Gasteiger partial charge on any atom is -0.343 e. The van der Waals surface area contributed by atoms with Gasteiger partial charge in [-0.15, -0.1) is 0 Å². The molecule has 4 aromatic rings. The Balaban J connectivity index is 1.63. The van der Waals surface area contributed by atoms with Crippen molar-refractivity contribution in [2.45, 2.75) is 13.8 Å². The highest BCUT2D eigenvalue weighted by atomic mass is 19.1. The number of nitrogens with one attached hydrogen (secondary N) is 2. The Labute approximate surface area is 189 Å². The van der Waals surface area contributed by atoms with Gasteiger partial charge in [0.15, 0.2) is 0 Å². The predicted octanol–water partition coefficient (Wildman–Crippen LogP) is 4.12. The first kappa shape index (κ1) is 22.0. The van der Waals surface area contributed by atoms with Crippen molar-refractivity contribution in [3.63, 3.8) is 0 Å². The van der Waals surface area contributed by atoms with Gasteiger partial charge in [-0.25, -0.2) is 4.39 Å². The van der Waals surface area contributed by atoms with Crippen LogP contribution >= 0.6 is 0 Å². The zero-order chi connectivity index (χ0) is 23.5. The molecule has 6 nitrogen and oxygen atoms in total. The number of nitrogens with zero attached hydrogens (tertiary/aromatic N) is 1. The van der Waals surface area contributed by atoms with Crippen LogP contribution in [0.15, 0.2) is 77.7 Å². The van der Waals surface area contributed by atoms with E-state index in [-0.39, 0.29) is 17.7 Å². The van der Waals surface area contributed by atoms with Gasteiger partial charge in [0.2, 0.25) is 5.91 Å². The molecule has 2 amide bonds. The fraction of sp³-hybridized carbons (Fsp3) is 0.115. The Morgan fingerprint density at radius 1 is 0.909 bits per heavy atom. The molecule has 1 aromatic heterocycles.